The highest BCUT2D eigenvalue weighted by atomic mass is 32.2. The van der Waals surface area contributed by atoms with Crippen LogP contribution in [0, 0.1) is 41.0 Å². The quantitative estimate of drug-likeness (QED) is 0.0660. The van der Waals surface area contributed by atoms with Crippen molar-refractivity contribution in [3.8, 4) is 0 Å². The molecule has 3 atom stereocenters. The first kappa shape index (κ1) is 32.2. The van der Waals surface area contributed by atoms with Gasteiger partial charge in [-0.3, -0.25) is 4.55 Å². The molecule has 0 radical (unpaired) electrons. The van der Waals surface area contributed by atoms with Crippen molar-refractivity contribution in [3.63, 3.8) is 0 Å². The number of rotatable bonds is 18. The van der Waals surface area contributed by atoms with Crippen LogP contribution in [-0.2, 0) is 10.1 Å². The Morgan fingerprint density at radius 2 is 1.11 bits per heavy atom. The van der Waals surface area contributed by atoms with Gasteiger partial charge in [-0.25, -0.2) is 17.6 Å². The zero-order valence-corrected chi connectivity index (χ0v) is 23.1. The fraction of sp³-hybridized carbons (Fsp3) is 0.769. The number of unbranched alkanes of at least 4 members (excludes halogenated alkanes) is 8. The summed E-state index contributed by atoms with van der Waals surface area (Å²) in [5, 5.41) is 0. The van der Waals surface area contributed by atoms with Crippen LogP contribution in [0.3, 0.4) is 0 Å². The fourth-order valence-electron chi connectivity index (χ4n) is 4.58. The van der Waals surface area contributed by atoms with E-state index in [1.165, 1.54) is 25.7 Å². The third kappa shape index (κ3) is 10.2. The normalized spacial score (nSPS) is 14.8. The highest BCUT2D eigenvalue weighted by molar-refractivity contribution is 7.99. The van der Waals surface area contributed by atoms with Crippen LogP contribution in [0.15, 0.2) is 9.79 Å². The lowest BCUT2D eigenvalue weighted by Gasteiger charge is -2.30. The molecule has 204 valence electrons. The van der Waals surface area contributed by atoms with E-state index in [2.05, 4.69) is 27.7 Å². The smallest absolute Gasteiger partial charge is 0.282 e. The summed E-state index contributed by atoms with van der Waals surface area (Å²) in [4.78, 5) is -2.88. The van der Waals surface area contributed by atoms with E-state index in [1.54, 1.807) is 0 Å². The van der Waals surface area contributed by atoms with Gasteiger partial charge in [0.25, 0.3) is 0 Å². The maximum atomic E-state index is 14.5. The van der Waals surface area contributed by atoms with Crippen molar-refractivity contribution < 1.29 is 30.5 Å². The van der Waals surface area contributed by atoms with Gasteiger partial charge in [0, 0.05) is 5.75 Å². The lowest BCUT2D eigenvalue weighted by molar-refractivity contribution is 0.249. The first-order valence-electron chi connectivity index (χ1n) is 12.9. The van der Waals surface area contributed by atoms with Crippen molar-refractivity contribution in [2.75, 3.05) is 5.75 Å². The van der Waals surface area contributed by atoms with Gasteiger partial charge in [-0.05, 0) is 17.8 Å². The molecule has 0 bridgehead atoms. The Morgan fingerprint density at radius 1 is 0.714 bits per heavy atom. The van der Waals surface area contributed by atoms with E-state index in [1.807, 2.05) is 0 Å². The summed E-state index contributed by atoms with van der Waals surface area (Å²) in [6.45, 7) is 8.55. The molecule has 3 unspecified atom stereocenters. The molecule has 35 heavy (non-hydrogen) atoms. The van der Waals surface area contributed by atoms with Crippen molar-refractivity contribution in [1.82, 2.24) is 0 Å². The van der Waals surface area contributed by atoms with Gasteiger partial charge in [0.15, 0.2) is 28.2 Å². The summed E-state index contributed by atoms with van der Waals surface area (Å²) < 4.78 is 88.9. The van der Waals surface area contributed by atoms with E-state index < -0.39 is 43.2 Å². The average molecular weight is 543 g/mol. The van der Waals surface area contributed by atoms with Crippen molar-refractivity contribution in [1.29, 1.82) is 0 Å². The standard InChI is InChI=1S/C26H42F4O3S2/c1-5-7-9-11-12-14-16-19(4)20(18(3)15-13-10-8-6-2)17-34-25-21(27)23(29)26(35(31,32)33)24(30)22(25)28/h18-20H,5-17H2,1-4H3,(H,31,32,33). The van der Waals surface area contributed by atoms with Gasteiger partial charge >= 0.3 is 10.1 Å². The summed E-state index contributed by atoms with van der Waals surface area (Å²) in [6, 6.07) is 0. The minimum atomic E-state index is -5.46. The third-order valence-electron chi connectivity index (χ3n) is 6.85. The van der Waals surface area contributed by atoms with Crippen molar-refractivity contribution in [2.24, 2.45) is 17.8 Å². The van der Waals surface area contributed by atoms with Crippen LogP contribution >= 0.6 is 11.8 Å². The van der Waals surface area contributed by atoms with Crippen LogP contribution in [0.1, 0.15) is 105 Å². The maximum Gasteiger partial charge on any atom is 0.300 e. The molecular formula is C26H42F4O3S2. The van der Waals surface area contributed by atoms with Crippen LogP contribution in [0.2, 0.25) is 0 Å². The van der Waals surface area contributed by atoms with Gasteiger partial charge < -0.3 is 0 Å². The predicted molar refractivity (Wildman–Crippen MR) is 135 cm³/mol. The van der Waals surface area contributed by atoms with Crippen LogP contribution < -0.4 is 0 Å². The monoisotopic (exact) mass is 542 g/mol. The second-order valence-electron chi connectivity index (χ2n) is 9.72. The van der Waals surface area contributed by atoms with Crippen molar-refractivity contribution >= 4 is 21.9 Å². The molecule has 0 saturated heterocycles. The molecule has 9 heteroatoms. The molecule has 0 aliphatic carbocycles. The number of hydrogen-bond donors (Lipinski definition) is 1. The molecule has 0 saturated carbocycles. The van der Waals surface area contributed by atoms with Crippen molar-refractivity contribution in [3.05, 3.63) is 23.3 Å². The Kier molecular flexibility index (Phi) is 14.9. The first-order valence-corrected chi connectivity index (χ1v) is 15.4. The number of benzene rings is 1. The van der Waals surface area contributed by atoms with E-state index in [0.717, 1.165) is 51.4 Å². The third-order valence-corrected chi connectivity index (χ3v) is 8.92. The molecule has 1 rings (SSSR count). The van der Waals surface area contributed by atoms with Crippen LogP contribution in [0.25, 0.3) is 0 Å². The zero-order chi connectivity index (χ0) is 26.6. The van der Waals surface area contributed by atoms with Gasteiger partial charge in [-0.1, -0.05) is 105 Å². The largest absolute Gasteiger partial charge is 0.300 e. The Balaban J connectivity index is 3.00. The van der Waals surface area contributed by atoms with Crippen LogP contribution in [-0.4, -0.2) is 18.7 Å². The lowest BCUT2D eigenvalue weighted by Crippen LogP contribution is -2.23. The molecule has 1 aromatic rings. The Hall–Kier alpha value is -0.800. The highest BCUT2D eigenvalue weighted by Gasteiger charge is 2.33. The van der Waals surface area contributed by atoms with Gasteiger partial charge in [0.1, 0.15) is 0 Å². The Bertz CT molecular complexity index is 849. The van der Waals surface area contributed by atoms with E-state index in [0.29, 0.717) is 11.8 Å². The number of halogens is 4. The van der Waals surface area contributed by atoms with Gasteiger partial charge in [-0.15, -0.1) is 11.8 Å². The summed E-state index contributed by atoms with van der Waals surface area (Å²) in [7, 11) is -5.46. The molecule has 0 spiro atoms. The summed E-state index contributed by atoms with van der Waals surface area (Å²) in [5.41, 5.74) is 0. The van der Waals surface area contributed by atoms with E-state index in [9.17, 15) is 26.0 Å². The SMILES string of the molecule is CCCCCCCCC(C)C(CSc1c(F)c(F)c(S(=O)(=O)O)c(F)c1F)C(C)CCCCCC. The highest BCUT2D eigenvalue weighted by Crippen LogP contribution is 2.38. The van der Waals surface area contributed by atoms with Crippen LogP contribution in [0.4, 0.5) is 17.6 Å². The summed E-state index contributed by atoms with van der Waals surface area (Å²) >= 11 is 0.674. The van der Waals surface area contributed by atoms with Crippen molar-refractivity contribution in [2.45, 2.75) is 115 Å². The van der Waals surface area contributed by atoms with E-state index in [4.69, 9.17) is 4.55 Å². The molecule has 0 amide bonds. The Labute approximate surface area is 213 Å². The molecule has 0 fully saturated rings. The molecule has 0 aliphatic heterocycles. The molecule has 0 heterocycles. The van der Waals surface area contributed by atoms with Crippen LogP contribution in [0.5, 0.6) is 0 Å². The second kappa shape index (κ2) is 16.1. The maximum absolute atomic E-state index is 14.5. The number of hydrogen-bond acceptors (Lipinski definition) is 3. The predicted octanol–water partition coefficient (Wildman–Crippen LogP) is 9.19. The summed E-state index contributed by atoms with van der Waals surface area (Å²) in [6.07, 6.45) is 13.4. The molecule has 3 nitrogen and oxygen atoms in total. The molecular weight excluding hydrogens is 500 g/mol. The minimum Gasteiger partial charge on any atom is -0.282 e. The molecule has 0 aromatic heterocycles. The topological polar surface area (TPSA) is 54.4 Å². The van der Waals surface area contributed by atoms with E-state index >= 15 is 0 Å². The average Bonchev–Trinajstić information content (AvgIpc) is 2.79. The lowest BCUT2D eigenvalue weighted by atomic mass is 9.79. The second-order valence-corrected chi connectivity index (χ2v) is 12.1. The molecule has 1 N–H and O–H groups in total. The molecule has 0 aliphatic rings. The number of thioether (sulfide) groups is 1. The van der Waals surface area contributed by atoms with Gasteiger partial charge in [0.2, 0.25) is 0 Å². The van der Waals surface area contributed by atoms with E-state index in [-0.39, 0.29) is 23.5 Å². The zero-order valence-electron chi connectivity index (χ0n) is 21.5. The summed E-state index contributed by atoms with van der Waals surface area (Å²) in [5.74, 6) is -6.94. The van der Waals surface area contributed by atoms with Gasteiger partial charge in [-0.2, -0.15) is 8.42 Å². The fourth-order valence-corrected chi connectivity index (χ4v) is 6.66. The molecule has 1 aromatic carbocycles. The minimum absolute atomic E-state index is 0.0726. The van der Waals surface area contributed by atoms with Gasteiger partial charge in [0.05, 0.1) is 4.90 Å². The first-order chi connectivity index (χ1) is 16.5. The Morgan fingerprint density at radius 3 is 1.54 bits per heavy atom.